The SMILES string of the molecule is Fc1cc2nc(CN3CCCCC3C3(C(F)(F)F)N=N3)[nH]c2cc1F.O=C(O)C(F)(F)F. The zero-order chi connectivity index (χ0) is 23.9. The number of rotatable bonds is 3. The quantitative estimate of drug-likeness (QED) is 0.640. The fraction of sp³-hybridized carbons (Fsp3) is 0.529. The van der Waals surface area contributed by atoms with Gasteiger partial charge >= 0.3 is 18.3 Å². The van der Waals surface area contributed by atoms with Crippen molar-refractivity contribution < 1.29 is 45.0 Å². The van der Waals surface area contributed by atoms with Gasteiger partial charge in [0.05, 0.1) is 23.6 Å². The summed E-state index contributed by atoms with van der Waals surface area (Å²) in [5.74, 6) is -4.43. The van der Waals surface area contributed by atoms with E-state index in [1.54, 1.807) is 4.90 Å². The Labute approximate surface area is 174 Å². The summed E-state index contributed by atoms with van der Waals surface area (Å²) in [6.07, 6.45) is -7.86. The summed E-state index contributed by atoms with van der Waals surface area (Å²) in [7, 11) is 0. The van der Waals surface area contributed by atoms with E-state index in [1.165, 1.54) is 0 Å². The number of nitrogens with one attached hydrogen (secondary N) is 1. The first-order valence-corrected chi connectivity index (χ1v) is 9.13. The summed E-state index contributed by atoms with van der Waals surface area (Å²) < 4.78 is 98.3. The number of alkyl halides is 6. The number of fused-ring (bicyclic) bond motifs is 1. The molecule has 0 spiro atoms. The number of likely N-dealkylation sites (tertiary alicyclic amines) is 1. The minimum atomic E-state index is -5.08. The van der Waals surface area contributed by atoms with Crippen LogP contribution in [0.2, 0.25) is 0 Å². The van der Waals surface area contributed by atoms with Gasteiger partial charge in [-0.2, -0.15) is 26.3 Å². The molecule has 1 atom stereocenters. The molecule has 7 nitrogen and oxygen atoms in total. The number of imidazole rings is 1. The highest BCUT2D eigenvalue weighted by atomic mass is 19.4. The number of aromatic amines is 1. The van der Waals surface area contributed by atoms with Gasteiger partial charge in [-0.15, -0.1) is 10.2 Å². The number of carboxylic acid groups (broad SMARTS) is 1. The van der Waals surface area contributed by atoms with Gasteiger partial charge in [-0.05, 0) is 19.4 Å². The highest BCUT2D eigenvalue weighted by Gasteiger charge is 2.69. The summed E-state index contributed by atoms with van der Waals surface area (Å²) in [4.78, 5) is 17.5. The van der Waals surface area contributed by atoms with Crippen LogP contribution in [0.1, 0.15) is 25.1 Å². The van der Waals surface area contributed by atoms with Gasteiger partial charge in [0.1, 0.15) is 5.82 Å². The third-order valence-corrected chi connectivity index (χ3v) is 4.98. The fourth-order valence-corrected chi connectivity index (χ4v) is 3.45. The van der Waals surface area contributed by atoms with Crippen molar-refractivity contribution in [1.29, 1.82) is 0 Å². The number of aromatic nitrogens is 2. The molecule has 1 aromatic heterocycles. The van der Waals surface area contributed by atoms with E-state index in [1.807, 2.05) is 0 Å². The number of benzene rings is 1. The predicted molar refractivity (Wildman–Crippen MR) is 91.4 cm³/mol. The monoisotopic (exact) mass is 473 g/mol. The van der Waals surface area contributed by atoms with Crippen LogP contribution >= 0.6 is 0 Å². The van der Waals surface area contributed by atoms with E-state index in [4.69, 9.17) is 9.90 Å². The molecule has 1 unspecified atom stereocenters. The van der Waals surface area contributed by atoms with Crippen LogP contribution in [0, 0.1) is 11.6 Å². The molecule has 4 rings (SSSR count). The van der Waals surface area contributed by atoms with Crippen molar-refractivity contribution in [2.75, 3.05) is 6.54 Å². The maximum atomic E-state index is 13.3. The van der Waals surface area contributed by atoms with E-state index in [0.717, 1.165) is 18.6 Å². The maximum Gasteiger partial charge on any atom is 0.490 e. The second-order valence-electron chi connectivity index (χ2n) is 7.18. The number of hydrogen-bond donors (Lipinski definition) is 2. The Morgan fingerprint density at radius 1 is 1.12 bits per heavy atom. The molecule has 0 bridgehead atoms. The number of hydrogen-bond acceptors (Lipinski definition) is 5. The summed E-state index contributed by atoms with van der Waals surface area (Å²) in [5, 5.41) is 13.8. The third kappa shape index (κ3) is 4.81. The highest BCUT2D eigenvalue weighted by molar-refractivity contribution is 5.75. The van der Waals surface area contributed by atoms with Crippen molar-refractivity contribution in [1.82, 2.24) is 14.9 Å². The molecule has 1 saturated heterocycles. The fourth-order valence-electron chi connectivity index (χ4n) is 3.45. The van der Waals surface area contributed by atoms with Gasteiger partial charge in [0.25, 0.3) is 5.66 Å². The van der Waals surface area contributed by atoms with Crippen molar-refractivity contribution in [3.8, 4) is 0 Å². The van der Waals surface area contributed by atoms with Gasteiger partial charge < -0.3 is 10.1 Å². The van der Waals surface area contributed by atoms with Crippen LogP contribution in [0.25, 0.3) is 11.0 Å². The van der Waals surface area contributed by atoms with E-state index in [2.05, 4.69) is 20.2 Å². The first kappa shape index (κ1) is 23.8. The number of aliphatic carboxylic acids is 1. The van der Waals surface area contributed by atoms with Crippen LogP contribution in [-0.2, 0) is 11.3 Å². The van der Waals surface area contributed by atoms with Crippen molar-refractivity contribution in [2.24, 2.45) is 10.2 Å². The smallest absolute Gasteiger partial charge is 0.475 e. The lowest BCUT2D eigenvalue weighted by molar-refractivity contribution is -0.192. The van der Waals surface area contributed by atoms with E-state index in [9.17, 15) is 35.1 Å². The van der Waals surface area contributed by atoms with Crippen molar-refractivity contribution in [3.05, 3.63) is 29.6 Å². The molecule has 1 aromatic carbocycles. The molecule has 2 aromatic rings. The van der Waals surface area contributed by atoms with Crippen LogP contribution in [0.5, 0.6) is 0 Å². The van der Waals surface area contributed by atoms with Crippen molar-refractivity contribution in [2.45, 2.75) is 49.9 Å². The highest BCUT2D eigenvalue weighted by Crippen LogP contribution is 2.50. The zero-order valence-electron chi connectivity index (χ0n) is 15.9. The molecule has 176 valence electrons. The number of piperidine rings is 1. The van der Waals surface area contributed by atoms with Gasteiger partial charge in [-0.3, -0.25) is 4.90 Å². The largest absolute Gasteiger partial charge is 0.490 e. The molecular weight excluding hydrogens is 458 g/mol. The topological polar surface area (TPSA) is 93.9 Å². The number of halogens is 8. The molecule has 0 amide bonds. The lowest BCUT2D eigenvalue weighted by atomic mass is 9.92. The van der Waals surface area contributed by atoms with Crippen LogP contribution in [-0.4, -0.2) is 56.5 Å². The van der Waals surface area contributed by atoms with E-state index >= 15 is 0 Å². The summed E-state index contributed by atoms with van der Waals surface area (Å²) >= 11 is 0. The van der Waals surface area contributed by atoms with Gasteiger partial charge in [0.15, 0.2) is 11.6 Å². The van der Waals surface area contributed by atoms with E-state index < -0.39 is 41.7 Å². The molecule has 32 heavy (non-hydrogen) atoms. The van der Waals surface area contributed by atoms with Gasteiger partial charge in [0, 0.05) is 12.1 Å². The van der Waals surface area contributed by atoms with Crippen molar-refractivity contribution in [3.63, 3.8) is 0 Å². The molecule has 0 radical (unpaired) electrons. The normalized spacial score (nSPS) is 20.7. The summed E-state index contributed by atoms with van der Waals surface area (Å²) in [6.45, 7) is 0.554. The molecule has 0 aliphatic carbocycles. The van der Waals surface area contributed by atoms with Crippen molar-refractivity contribution >= 4 is 17.0 Å². The van der Waals surface area contributed by atoms with Crippen LogP contribution in [0.3, 0.4) is 0 Å². The molecule has 2 aliphatic heterocycles. The number of carboxylic acids is 1. The number of nitrogens with zero attached hydrogens (tertiary/aromatic N) is 4. The lowest BCUT2D eigenvalue weighted by Crippen LogP contribution is -2.54. The Balaban J connectivity index is 0.000000360. The van der Waals surface area contributed by atoms with Crippen LogP contribution in [0.4, 0.5) is 35.1 Å². The Hall–Kier alpha value is -2.84. The Bertz CT molecular complexity index is 987. The molecule has 1 fully saturated rings. The Morgan fingerprint density at radius 2 is 1.72 bits per heavy atom. The second-order valence-corrected chi connectivity index (χ2v) is 7.18. The standard InChI is InChI=1S/C15H14F5N5.C2HF3O2/c16-8-5-10-11(6-9(8)17)22-13(21-10)7-25-4-2-1-3-12(25)14(23-24-14)15(18,19)20;3-2(4,5)1(6)7/h5-6,12H,1-4,7H2,(H,21,22);(H,6,7). The molecule has 15 heteroatoms. The third-order valence-electron chi connectivity index (χ3n) is 4.98. The predicted octanol–water partition coefficient (Wildman–Crippen LogP) is 4.55. The average molecular weight is 473 g/mol. The first-order valence-electron chi connectivity index (χ1n) is 9.13. The number of H-pyrrole nitrogens is 1. The van der Waals surface area contributed by atoms with E-state index in [0.29, 0.717) is 30.7 Å². The summed E-state index contributed by atoms with van der Waals surface area (Å²) in [5.41, 5.74) is -1.82. The van der Waals surface area contributed by atoms with Gasteiger partial charge in [0.2, 0.25) is 0 Å². The minimum absolute atomic E-state index is 0.103. The summed E-state index contributed by atoms with van der Waals surface area (Å²) in [6, 6.07) is 1.06. The maximum absolute atomic E-state index is 13.3. The van der Waals surface area contributed by atoms with Gasteiger partial charge in [-0.25, -0.2) is 18.6 Å². The molecule has 2 aliphatic rings. The Kier molecular flexibility index (Phi) is 6.14. The first-order chi connectivity index (χ1) is 14.7. The minimum Gasteiger partial charge on any atom is -0.475 e. The van der Waals surface area contributed by atoms with E-state index in [-0.39, 0.29) is 12.1 Å². The lowest BCUT2D eigenvalue weighted by Gasteiger charge is -2.38. The molecule has 0 saturated carbocycles. The second kappa shape index (κ2) is 8.26. The number of carbonyl (C=O) groups is 1. The Morgan fingerprint density at radius 3 is 2.25 bits per heavy atom. The molecule has 3 heterocycles. The zero-order valence-corrected chi connectivity index (χ0v) is 15.9. The molecule has 2 N–H and O–H groups in total. The molecular formula is C17H15F8N5O2. The van der Waals surface area contributed by atoms with Crippen LogP contribution in [0.15, 0.2) is 22.4 Å². The van der Waals surface area contributed by atoms with Crippen LogP contribution < -0.4 is 0 Å². The average Bonchev–Trinajstić information content (AvgIpc) is 3.40. The van der Waals surface area contributed by atoms with Gasteiger partial charge in [-0.1, -0.05) is 6.42 Å².